The van der Waals surface area contributed by atoms with E-state index in [1.165, 1.54) is 11.1 Å². The molecular weight excluding hydrogens is 322 g/mol. The highest BCUT2D eigenvalue weighted by atomic mass is 16.7. The minimum atomic E-state index is -0.566. The molecule has 1 aliphatic heterocycles. The van der Waals surface area contributed by atoms with E-state index in [9.17, 15) is 4.79 Å². The first-order valence-corrected chi connectivity index (χ1v) is 8.20. The molecule has 1 fully saturated rings. The number of carbonyl (C=O) groups excluding carboxylic acids is 1. The van der Waals surface area contributed by atoms with Gasteiger partial charge in [0.1, 0.15) is 12.7 Å². The van der Waals surface area contributed by atoms with Crippen molar-refractivity contribution in [2.75, 3.05) is 19.8 Å². The monoisotopic (exact) mass is 347 g/mol. The van der Waals surface area contributed by atoms with Gasteiger partial charge in [-0.25, -0.2) is 4.79 Å². The molecule has 136 valence electrons. The SMILES string of the molecule is C=CCOC(=O)N(Cc1ccccc1)OC/C=C/[C@H]1COC(C)(C)O1. The van der Waals surface area contributed by atoms with Crippen molar-refractivity contribution in [2.24, 2.45) is 0 Å². The molecule has 1 aromatic rings. The fourth-order valence-corrected chi connectivity index (χ4v) is 2.26. The van der Waals surface area contributed by atoms with Gasteiger partial charge in [-0.15, -0.1) is 0 Å². The van der Waals surface area contributed by atoms with Gasteiger partial charge < -0.3 is 14.2 Å². The molecule has 0 radical (unpaired) electrons. The minimum absolute atomic E-state index is 0.117. The van der Waals surface area contributed by atoms with Crippen LogP contribution in [-0.2, 0) is 25.6 Å². The standard InChI is InChI=1S/C19H25NO5/c1-4-12-22-18(21)20(14-16-9-6-5-7-10-16)24-13-8-11-17-15-23-19(2,3)25-17/h4-11,17H,1,12-15H2,2-3H3/b11-8+/t17-/m0/s1. The van der Waals surface area contributed by atoms with Crippen LogP contribution in [-0.4, -0.2) is 42.9 Å². The molecule has 0 aliphatic carbocycles. The summed E-state index contributed by atoms with van der Waals surface area (Å²) >= 11 is 0. The van der Waals surface area contributed by atoms with Crippen LogP contribution in [0, 0.1) is 0 Å². The second-order valence-electron chi connectivity index (χ2n) is 5.98. The smallest absolute Gasteiger partial charge is 0.434 e. The summed E-state index contributed by atoms with van der Waals surface area (Å²) in [6.07, 6.45) is 4.50. The highest BCUT2D eigenvalue weighted by Crippen LogP contribution is 2.22. The lowest BCUT2D eigenvalue weighted by Crippen LogP contribution is -2.31. The zero-order chi connectivity index (χ0) is 18.1. The Balaban J connectivity index is 1.87. The van der Waals surface area contributed by atoms with Gasteiger partial charge in [0.05, 0.1) is 19.8 Å². The Labute approximate surface area is 148 Å². The van der Waals surface area contributed by atoms with Crippen LogP contribution in [0.25, 0.3) is 0 Å². The molecule has 0 saturated carbocycles. The van der Waals surface area contributed by atoms with Gasteiger partial charge in [0.2, 0.25) is 0 Å². The molecule has 1 atom stereocenters. The average molecular weight is 347 g/mol. The summed E-state index contributed by atoms with van der Waals surface area (Å²) in [6.45, 7) is 8.41. The van der Waals surface area contributed by atoms with Gasteiger partial charge in [-0.05, 0) is 19.4 Å². The molecule has 0 N–H and O–H groups in total. The van der Waals surface area contributed by atoms with Crippen LogP contribution in [0.4, 0.5) is 4.79 Å². The van der Waals surface area contributed by atoms with Crippen molar-refractivity contribution in [2.45, 2.75) is 32.3 Å². The molecule has 1 aromatic carbocycles. The van der Waals surface area contributed by atoms with E-state index < -0.39 is 11.9 Å². The Hall–Kier alpha value is -2.15. The summed E-state index contributed by atoms with van der Waals surface area (Å²) in [5.41, 5.74) is 0.941. The first-order valence-electron chi connectivity index (χ1n) is 8.20. The first kappa shape index (κ1) is 19.2. The van der Waals surface area contributed by atoms with Gasteiger partial charge in [-0.2, -0.15) is 5.06 Å². The topological polar surface area (TPSA) is 57.2 Å². The summed E-state index contributed by atoms with van der Waals surface area (Å²) in [5.74, 6) is -0.566. The van der Waals surface area contributed by atoms with E-state index in [0.717, 1.165) is 5.56 Å². The van der Waals surface area contributed by atoms with Crippen LogP contribution in [0.3, 0.4) is 0 Å². The lowest BCUT2D eigenvalue weighted by Gasteiger charge is -2.20. The molecule has 1 heterocycles. The second-order valence-corrected chi connectivity index (χ2v) is 5.98. The molecular formula is C19H25NO5. The number of hydroxylamine groups is 2. The predicted molar refractivity (Wildman–Crippen MR) is 93.5 cm³/mol. The van der Waals surface area contributed by atoms with Crippen molar-refractivity contribution < 1.29 is 23.8 Å². The van der Waals surface area contributed by atoms with Gasteiger partial charge in [0.15, 0.2) is 5.79 Å². The van der Waals surface area contributed by atoms with Crippen LogP contribution in [0.15, 0.2) is 55.1 Å². The minimum Gasteiger partial charge on any atom is -0.444 e. The molecule has 0 unspecified atom stereocenters. The van der Waals surface area contributed by atoms with E-state index in [4.69, 9.17) is 19.0 Å². The molecule has 6 heteroatoms. The largest absolute Gasteiger partial charge is 0.444 e. The Morgan fingerprint density at radius 1 is 1.36 bits per heavy atom. The maximum absolute atomic E-state index is 12.1. The summed E-state index contributed by atoms with van der Waals surface area (Å²) in [7, 11) is 0. The summed E-state index contributed by atoms with van der Waals surface area (Å²) < 4.78 is 16.2. The maximum atomic E-state index is 12.1. The van der Waals surface area contributed by atoms with Gasteiger partial charge in [0.25, 0.3) is 0 Å². The Bertz CT molecular complexity index is 585. The van der Waals surface area contributed by atoms with Gasteiger partial charge >= 0.3 is 6.09 Å². The zero-order valence-electron chi connectivity index (χ0n) is 14.7. The van der Waals surface area contributed by atoms with Crippen molar-refractivity contribution in [3.63, 3.8) is 0 Å². The number of ether oxygens (including phenoxy) is 3. The van der Waals surface area contributed by atoms with E-state index in [1.54, 1.807) is 6.08 Å². The summed E-state index contributed by atoms with van der Waals surface area (Å²) in [5, 5.41) is 1.19. The highest BCUT2D eigenvalue weighted by molar-refractivity contribution is 5.66. The number of amides is 1. The maximum Gasteiger partial charge on any atom is 0.434 e. The van der Waals surface area contributed by atoms with Crippen LogP contribution < -0.4 is 0 Å². The lowest BCUT2D eigenvalue weighted by molar-refractivity contribution is -0.134. The quantitative estimate of drug-likeness (QED) is 0.532. The molecule has 1 saturated heterocycles. The van der Waals surface area contributed by atoms with Crippen molar-refractivity contribution >= 4 is 6.09 Å². The van der Waals surface area contributed by atoms with E-state index in [0.29, 0.717) is 13.2 Å². The third-order valence-corrected chi connectivity index (χ3v) is 3.41. The summed E-state index contributed by atoms with van der Waals surface area (Å²) in [6, 6.07) is 9.56. The number of hydrogen-bond donors (Lipinski definition) is 0. The van der Waals surface area contributed by atoms with Crippen LogP contribution in [0.2, 0.25) is 0 Å². The highest BCUT2D eigenvalue weighted by Gasteiger charge is 2.30. The Kier molecular flexibility index (Phi) is 7.18. The first-order chi connectivity index (χ1) is 12.0. The normalized spacial score (nSPS) is 19.0. The molecule has 2 rings (SSSR count). The molecule has 6 nitrogen and oxygen atoms in total. The van der Waals surface area contributed by atoms with E-state index in [2.05, 4.69) is 6.58 Å². The van der Waals surface area contributed by atoms with Gasteiger partial charge in [0, 0.05) is 0 Å². The molecule has 0 bridgehead atoms. The van der Waals surface area contributed by atoms with E-state index >= 15 is 0 Å². The van der Waals surface area contributed by atoms with Crippen molar-refractivity contribution in [1.82, 2.24) is 5.06 Å². The van der Waals surface area contributed by atoms with Crippen molar-refractivity contribution in [1.29, 1.82) is 0 Å². The van der Waals surface area contributed by atoms with Gasteiger partial charge in [-0.1, -0.05) is 55.1 Å². The van der Waals surface area contributed by atoms with Crippen LogP contribution >= 0.6 is 0 Å². The van der Waals surface area contributed by atoms with Crippen molar-refractivity contribution in [3.05, 3.63) is 60.7 Å². The fourth-order valence-electron chi connectivity index (χ4n) is 2.26. The number of rotatable bonds is 8. The zero-order valence-corrected chi connectivity index (χ0v) is 14.7. The van der Waals surface area contributed by atoms with Crippen molar-refractivity contribution in [3.8, 4) is 0 Å². The number of nitrogens with zero attached hydrogens (tertiary/aromatic N) is 1. The number of carbonyl (C=O) groups is 1. The van der Waals surface area contributed by atoms with E-state index in [1.807, 2.05) is 50.3 Å². The fraction of sp³-hybridized carbons (Fsp3) is 0.421. The third kappa shape index (κ3) is 6.70. The van der Waals surface area contributed by atoms with Gasteiger partial charge in [-0.3, -0.25) is 4.84 Å². The molecule has 0 aromatic heterocycles. The number of hydrogen-bond acceptors (Lipinski definition) is 5. The van der Waals surface area contributed by atoms with E-state index in [-0.39, 0.29) is 19.3 Å². The molecule has 1 aliphatic rings. The van der Waals surface area contributed by atoms with Crippen LogP contribution in [0.5, 0.6) is 0 Å². The lowest BCUT2D eigenvalue weighted by atomic mass is 10.2. The summed E-state index contributed by atoms with van der Waals surface area (Å²) in [4.78, 5) is 17.7. The third-order valence-electron chi connectivity index (χ3n) is 3.41. The molecule has 25 heavy (non-hydrogen) atoms. The molecule has 1 amide bonds. The Morgan fingerprint density at radius 3 is 2.76 bits per heavy atom. The second kappa shape index (κ2) is 9.36. The average Bonchev–Trinajstić information content (AvgIpc) is 2.95. The molecule has 0 spiro atoms. The Morgan fingerprint density at radius 2 is 2.12 bits per heavy atom. The number of benzene rings is 1. The predicted octanol–water partition coefficient (Wildman–Crippen LogP) is 3.45. The van der Waals surface area contributed by atoms with Crippen LogP contribution in [0.1, 0.15) is 19.4 Å².